The number of aryl methyl sites for hydroxylation is 1. The van der Waals surface area contributed by atoms with Crippen molar-refractivity contribution < 1.29 is 9.90 Å². The monoisotopic (exact) mass is 471 g/mol. The summed E-state index contributed by atoms with van der Waals surface area (Å²) in [6.07, 6.45) is 0. The highest BCUT2D eigenvalue weighted by atomic mass is 16.3. The summed E-state index contributed by atoms with van der Waals surface area (Å²) in [5.41, 5.74) is 7.56. The summed E-state index contributed by atoms with van der Waals surface area (Å²) in [5.74, 6) is 0.873. The van der Waals surface area contributed by atoms with Crippen molar-refractivity contribution in [2.75, 3.05) is 26.2 Å². The Morgan fingerprint density at radius 1 is 1.06 bits per heavy atom. The summed E-state index contributed by atoms with van der Waals surface area (Å²) in [4.78, 5) is 23.9. The standard InChI is InChI=1S/C26H29N7O2/c1-16(34)33-9-7-32(8-10-33)15-17-3-5-18(6-4-17)23-25(35)24(31(2)30-23)26-28-21-11-19-13-27-14-20(19)12-22(21)29-26/h3-6,11-12,27,35H,7-10,13-15H2,1-2H3,(H,28,29). The van der Waals surface area contributed by atoms with Gasteiger partial charge in [0.25, 0.3) is 0 Å². The lowest BCUT2D eigenvalue weighted by Crippen LogP contribution is -2.47. The molecule has 6 rings (SSSR count). The van der Waals surface area contributed by atoms with Crippen molar-refractivity contribution in [3.63, 3.8) is 0 Å². The van der Waals surface area contributed by atoms with Gasteiger partial charge < -0.3 is 20.3 Å². The number of amides is 1. The van der Waals surface area contributed by atoms with Crippen molar-refractivity contribution in [2.24, 2.45) is 7.05 Å². The molecule has 2 aromatic heterocycles. The molecule has 1 fully saturated rings. The van der Waals surface area contributed by atoms with Gasteiger partial charge in [-0.25, -0.2) is 4.98 Å². The molecular formula is C26H29N7O2. The molecule has 1 amide bonds. The van der Waals surface area contributed by atoms with Crippen LogP contribution in [0.2, 0.25) is 0 Å². The predicted molar refractivity (Wildman–Crippen MR) is 133 cm³/mol. The first-order chi connectivity index (χ1) is 17.0. The van der Waals surface area contributed by atoms with Crippen molar-refractivity contribution in [3.8, 4) is 28.5 Å². The molecule has 2 aromatic carbocycles. The minimum absolute atomic E-state index is 0.119. The Balaban J connectivity index is 1.22. The van der Waals surface area contributed by atoms with Gasteiger partial charge in [0.2, 0.25) is 5.91 Å². The highest BCUT2D eigenvalue weighted by Gasteiger charge is 2.23. The maximum Gasteiger partial charge on any atom is 0.219 e. The molecule has 9 heteroatoms. The average molecular weight is 472 g/mol. The van der Waals surface area contributed by atoms with Gasteiger partial charge in [0.15, 0.2) is 11.6 Å². The van der Waals surface area contributed by atoms with Crippen LogP contribution in [0.5, 0.6) is 5.75 Å². The highest BCUT2D eigenvalue weighted by Crippen LogP contribution is 2.37. The molecule has 9 nitrogen and oxygen atoms in total. The Morgan fingerprint density at radius 3 is 2.49 bits per heavy atom. The Bertz CT molecular complexity index is 1370. The summed E-state index contributed by atoms with van der Waals surface area (Å²) < 4.78 is 1.68. The third-order valence-electron chi connectivity index (χ3n) is 7.13. The molecule has 2 aliphatic rings. The fraction of sp³-hybridized carbons (Fsp3) is 0.346. The van der Waals surface area contributed by atoms with Gasteiger partial charge in [-0.15, -0.1) is 0 Å². The normalized spacial score (nSPS) is 16.2. The molecule has 35 heavy (non-hydrogen) atoms. The van der Waals surface area contributed by atoms with E-state index < -0.39 is 0 Å². The van der Waals surface area contributed by atoms with Gasteiger partial charge in [0, 0.05) is 65.3 Å². The van der Waals surface area contributed by atoms with E-state index in [1.807, 2.05) is 24.1 Å². The van der Waals surface area contributed by atoms with Gasteiger partial charge in [-0.2, -0.15) is 5.10 Å². The zero-order chi connectivity index (χ0) is 24.1. The van der Waals surface area contributed by atoms with Gasteiger partial charge in [0.1, 0.15) is 11.4 Å². The largest absolute Gasteiger partial charge is 0.504 e. The van der Waals surface area contributed by atoms with Crippen LogP contribution >= 0.6 is 0 Å². The average Bonchev–Trinajstić information content (AvgIpc) is 3.54. The molecule has 0 unspecified atom stereocenters. The molecule has 0 aliphatic carbocycles. The van der Waals surface area contributed by atoms with E-state index >= 15 is 0 Å². The van der Waals surface area contributed by atoms with Gasteiger partial charge in [0.05, 0.1) is 11.0 Å². The van der Waals surface area contributed by atoms with Crippen molar-refractivity contribution in [2.45, 2.75) is 26.6 Å². The molecular weight excluding hydrogens is 442 g/mol. The highest BCUT2D eigenvalue weighted by molar-refractivity contribution is 5.83. The third-order valence-corrected chi connectivity index (χ3v) is 7.13. The predicted octanol–water partition coefficient (Wildman–Crippen LogP) is 2.60. The number of hydrogen-bond acceptors (Lipinski definition) is 6. The fourth-order valence-corrected chi connectivity index (χ4v) is 5.14. The number of H-pyrrole nitrogens is 1. The summed E-state index contributed by atoms with van der Waals surface area (Å²) in [6.45, 7) is 7.50. The Morgan fingerprint density at radius 2 is 1.77 bits per heavy atom. The molecule has 0 spiro atoms. The van der Waals surface area contributed by atoms with Crippen molar-refractivity contribution in [1.29, 1.82) is 0 Å². The minimum Gasteiger partial charge on any atom is -0.504 e. The number of nitrogens with zero attached hydrogens (tertiary/aromatic N) is 5. The molecule has 180 valence electrons. The second kappa shape index (κ2) is 8.51. The van der Waals surface area contributed by atoms with Crippen LogP contribution in [0.3, 0.4) is 0 Å². The third kappa shape index (κ3) is 3.96. The number of aromatic amines is 1. The van der Waals surface area contributed by atoms with Gasteiger partial charge in [-0.1, -0.05) is 24.3 Å². The second-order valence-corrected chi connectivity index (χ2v) is 9.48. The van der Waals surface area contributed by atoms with E-state index in [1.165, 1.54) is 16.7 Å². The number of nitrogens with one attached hydrogen (secondary N) is 2. The molecule has 0 radical (unpaired) electrons. The quantitative estimate of drug-likeness (QED) is 0.423. The number of hydrogen-bond donors (Lipinski definition) is 3. The number of fused-ring (bicyclic) bond motifs is 2. The van der Waals surface area contributed by atoms with Gasteiger partial charge >= 0.3 is 0 Å². The van der Waals surface area contributed by atoms with Crippen LogP contribution in [0.4, 0.5) is 0 Å². The number of carbonyl (C=O) groups is 1. The maximum absolute atomic E-state index is 11.5. The van der Waals surface area contributed by atoms with Crippen LogP contribution in [0.1, 0.15) is 23.6 Å². The van der Waals surface area contributed by atoms with E-state index in [1.54, 1.807) is 11.6 Å². The Hall–Kier alpha value is -3.69. The van der Waals surface area contributed by atoms with Crippen molar-refractivity contribution >= 4 is 16.9 Å². The minimum atomic E-state index is 0.119. The van der Waals surface area contributed by atoms with Crippen molar-refractivity contribution in [3.05, 3.63) is 53.1 Å². The summed E-state index contributed by atoms with van der Waals surface area (Å²) in [5, 5.41) is 19.1. The first-order valence-corrected chi connectivity index (χ1v) is 12.0. The van der Waals surface area contributed by atoms with Crippen LogP contribution in [0, 0.1) is 0 Å². The van der Waals surface area contributed by atoms with E-state index in [4.69, 9.17) is 4.98 Å². The maximum atomic E-state index is 11.5. The number of benzene rings is 2. The second-order valence-electron chi connectivity index (χ2n) is 9.48. The van der Waals surface area contributed by atoms with E-state index in [9.17, 15) is 9.90 Å². The lowest BCUT2D eigenvalue weighted by Gasteiger charge is -2.34. The molecule has 2 aliphatic heterocycles. The molecule has 0 bridgehead atoms. The van der Waals surface area contributed by atoms with E-state index in [0.29, 0.717) is 17.2 Å². The molecule has 4 aromatic rings. The summed E-state index contributed by atoms with van der Waals surface area (Å²) in [6, 6.07) is 12.4. The molecule has 0 atom stereocenters. The smallest absolute Gasteiger partial charge is 0.219 e. The van der Waals surface area contributed by atoms with Crippen LogP contribution in [-0.4, -0.2) is 66.7 Å². The molecule has 4 heterocycles. The summed E-state index contributed by atoms with van der Waals surface area (Å²) in [7, 11) is 1.82. The Kier molecular flexibility index (Phi) is 5.31. The van der Waals surface area contributed by atoms with Crippen LogP contribution in [0.25, 0.3) is 33.8 Å². The zero-order valence-electron chi connectivity index (χ0n) is 20.0. The topological polar surface area (TPSA) is 102 Å². The SMILES string of the molecule is CC(=O)N1CCN(Cc2ccc(-c3nn(C)c(-c4nc5cc6c(cc5[nH]4)CNC6)c3O)cc2)CC1. The number of aromatic nitrogens is 4. The van der Waals surface area contributed by atoms with Crippen molar-refractivity contribution in [1.82, 2.24) is 34.9 Å². The molecule has 3 N–H and O–H groups in total. The molecule has 1 saturated heterocycles. The van der Waals surface area contributed by atoms with E-state index in [0.717, 1.165) is 62.4 Å². The molecule has 0 saturated carbocycles. The summed E-state index contributed by atoms with van der Waals surface area (Å²) >= 11 is 0. The van der Waals surface area contributed by atoms with Gasteiger partial charge in [-0.05, 0) is 28.8 Å². The van der Waals surface area contributed by atoms with Crippen LogP contribution < -0.4 is 5.32 Å². The fourth-order valence-electron chi connectivity index (χ4n) is 5.14. The lowest BCUT2D eigenvalue weighted by atomic mass is 10.1. The number of imidazole rings is 1. The number of piperazine rings is 1. The zero-order valence-corrected chi connectivity index (χ0v) is 20.0. The first kappa shape index (κ1) is 21.8. The lowest BCUT2D eigenvalue weighted by molar-refractivity contribution is -0.130. The number of aromatic hydroxyl groups is 1. The van der Waals surface area contributed by atoms with E-state index in [2.05, 4.69) is 44.6 Å². The van der Waals surface area contributed by atoms with E-state index in [-0.39, 0.29) is 11.7 Å². The van der Waals surface area contributed by atoms with Crippen LogP contribution in [0.15, 0.2) is 36.4 Å². The number of rotatable bonds is 4. The first-order valence-electron chi connectivity index (χ1n) is 12.0. The van der Waals surface area contributed by atoms with Crippen LogP contribution in [-0.2, 0) is 31.5 Å². The number of carbonyl (C=O) groups excluding carboxylic acids is 1. The van der Waals surface area contributed by atoms with Gasteiger partial charge in [-0.3, -0.25) is 14.4 Å². The Labute approximate surface area is 203 Å².